The van der Waals surface area contributed by atoms with Crippen LogP contribution in [-0.4, -0.2) is 32.8 Å². The van der Waals surface area contributed by atoms with Crippen LogP contribution in [0.1, 0.15) is 36.8 Å². The molecule has 1 N–H and O–H groups in total. The number of aryl methyl sites for hydroxylation is 1. The zero-order chi connectivity index (χ0) is 17.6. The van der Waals surface area contributed by atoms with E-state index in [-0.39, 0.29) is 5.78 Å². The van der Waals surface area contributed by atoms with Crippen LogP contribution in [0.4, 0.5) is 0 Å². The van der Waals surface area contributed by atoms with Crippen molar-refractivity contribution < 1.29 is 22.7 Å². The summed E-state index contributed by atoms with van der Waals surface area (Å²) in [7, 11) is -3.76. The van der Waals surface area contributed by atoms with Gasteiger partial charge >= 0.3 is 5.97 Å². The van der Waals surface area contributed by atoms with E-state index in [0.717, 1.165) is 29.4 Å². The molecule has 1 atom stereocenters. The standard InChI is InChI=1S/C17H21NO5S/c1-13-6-8-14(9-7-13)10-11-24(21,22)18-12-17(20)23-16-5-3-2-4-15(16)19/h6-11,16,18H,2-5,12H2,1H3/b11-10+/t16-/m0/s1. The molecule has 0 spiro atoms. The Labute approximate surface area is 141 Å². The number of esters is 1. The zero-order valence-corrected chi connectivity index (χ0v) is 14.3. The van der Waals surface area contributed by atoms with Crippen molar-refractivity contribution in [3.63, 3.8) is 0 Å². The molecule has 0 heterocycles. The average molecular weight is 351 g/mol. The van der Waals surface area contributed by atoms with E-state index in [1.807, 2.05) is 19.1 Å². The lowest BCUT2D eigenvalue weighted by Crippen LogP contribution is -2.35. The predicted molar refractivity (Wildman–Crippen MR) is 90.5 cm³/mol. The summed E-state index contributed by atoms with van der Waals surface area (Å²) in [5.74, 6) is -0.848. The van der Waals surface area contributed by atoms with Gasteiger partial charge in [-0.05, 0) is 37.8 Å². The number of carbonyl (C=O) groups excluding carboxylic acids is 2. The van der Waals surface area contributed by atoms with Gasteiger partial charge in [0.2, 0.25) is 10.0 Å². The molecule has 6 nitrogen and oxygen atoms in total. The summed E-state index contributed by atoms with van der Waals surface area (Å²) in [6.07, 6.45) is 3.25. The van der Waals surface area contributed by atoms with E-state index < -0.39 is 28.6 Å². The molecule has 0 unspecified atom stereocenters. The van der Waals surface area contributed by atoms with Crippen molar-refractivity contribution in [2.24, 2.45) is 0 Å². The number of benzene rings is 1. The van der Waals surface area contributed by atoms with Crippen molar-refractivity contribution in [2.45, 2.75) is 38.7 Å². The van der Waals surface area contributed by atoms with E-state index in [1.165, 1.54) is 6.08 Å². The van der Waals surface area contributed by atoms with Crippen LogP contribution in [0.2, 0.25) is 0 Å². The summed E-state index contributed by atoms with van der Waals surface area (Å²) in [6, 6.07) is 7.34. The van der Waals surface area contributed by atoms with Gasteiger partial charge < -0.3 is 4.74 Å². The summed E-state index contributed by atoms with van der Waals surface area (Å²) in [6.45, 7) is 1.44. The molecule has 7 heteroatoms. The third-order valence-electron chi connectivity index (χ3n) is 3.71. The molecule has 1 aromatic carbocycles. The molecule has 0 radical (unpaired) electrons. The topological polar surface area (TPSA) is 89.5 Å². The Balaban J connectivity index is 1.84. The fourth-order valence-electron chi connectivity index (χ4n) is 2.33. The molecule has 1 aromatic rings. The second-order valence-electron chi connectivity index (χ2n) is 5.77. The smallest absolute Gasteiger partial charge is 0.321 e. The first-order valence-electron chi connectivity index (χ1n) is 7.82. The first kappa shape index (κ1) is 18.4. The number of rotatable bonds is 6. The van der Waals surface area contributed by atoms with E-state index >= 15 is 0 Å². The highest BCUT2D eigenvalue weighted by molar-refractivity contribution is 7.92. The number of hydrogen-bond acceptors (Lipinski definition) is 5. The molecule has 2 rings (SSSR count). The van der Waals surface area contributed by atoms with Crippen molar-refractivity contribution in [1.82, 2.24) is 4.72 Å². The highest BCUT2D eigenvalue weighted by Crippen LogP contribution is 2.17. The summed E-state index contributed by atoms with van der Waals surface area (Å²) >= 11 is 0. The van der Waals surface area contributed by atoms with Crippen LogP contribution < -0.4 is 4.72 Å². The zero-order valence-electron chi connectivity index (χ0n) is 13.5. The molecule has 0 saturated heterocycles. The van der Waals surface area contributed by atoms with Gasteiger partial charge in [-0.15, -0.1) is 0 Å². The van der Waals surface area contributed by atoms with Crippen molar-refractivity contribution in [1.29, 1.82) is 0 Å². The highest BCUT2D eigenvalue weighted by Gasteiger charge is 2.25. The van der Waals surface area contributed by atoms with E-state index in [0.29, 0.717) is 12.8 Å². The molecule has 130 valence electrons. The lowest BCUT2D eigenvalue weighted by molar-refractivity contribution is -0.155. The Morgan fingerprint density at radius 1 is 1.29 bits per heavy atom. The van der Waals surface area contributed by atoms with Crippen LogP contribution in [0, 0.1) is 6.92 Å². The molecule has 1 aliphatic carbocycles. The quantitative estimate of drug-likeness (QED) is 0.791. The molecule has 0 aromatic heterocycles. The normalized spacial score (nSPS) is 18.7. The first-order chi connectivity index (χ1) is 11.4. The lowest BCUT2D eigenvalue weighted by Gasteiger charge is -2.20. The van der Waals surface area contributed by atoms with Crippen LogP contribution in [-0.2, 0) is 24.3 Å². The van der Waals surface area contributed by atoms with Gasteiger partial charge in [0.25, 0.3) is 0 Å². The van der Waals surface area contributed by atoms with Crippen molar-refractivity contribution in [3.05, 3.63) is 40.8 Å². The SMILES string of the molecule is Cc1ccc(/C=C/S(=O)(=O)NCC(=O)O[C@H]2CCCCC2=O)cc1. The Morgan fingerprint density at radius 2 is 2.00 bits per heavy atom. The molecule has 0 amide bonds. The number of nitrogens with one attached hydrogen (secondary N) is 1. The van der Waals surface area contributed by atoms with Crippen LogP contribution in [0.5, 0.6) is 0 Å². The van der Waals surface area contributed by atoms with Gasteiger partial charge in [-0.3, -0.25) is 9.59 Å². The molecule has 1 aliphatic rings. The van der Waals surface area contributed by atoms with Crippen LogP contribution >= 0.6 is 0 Å². The fourth-order valence-corrected chi connectivity index (χ4v) is 3.08. The van der Waals surface area contributed by atoms with Crippen molar-refractivity contribution in [3.8, 4) is 0 Å². The number of carbonyl (C=O) groups is 2. The molecular formula is C17H21NO5S. The second kappa shape index (κ2) is 8.21. The van der Waals surface area contributed by atoms with E-state index in [1.54, 1.807) is 12.1 Å². The monoisotopic (exact) mass is 351 g/mol. The summed E-state index contributed by atoms with van der Waals surface area (Å²) < 4.78 is 30.9. The number of Topliss-reactive ketones (excluding diaryl/α,β-unsaturated/α-hetero) is 1. The maximum absolute atomic E-state index is 11.9. The largest absolute Gasteiger partial charge is 0.453 e. The average Bonchev–Trinajstić information content (AvgIpc) is 2.55. The van der Waals surface area contributed by atoms with Gasteiger partial charge in [0, 0.05) is 11.8 Å². The lowest BCUT2D eigenvalue weighted by atomic mass is 9.96. The molecule has 0 bridgehead atoms. The minimum Gasteiger partial charge on any atom is -0.453 e. The molecule has 1 fully saturated rings. The number of ether oxygens (including phenoxy) is 1. The minimum atomic E-state index is -3.76. The van der Waals surface area contributed by atoms with E-state index in [4.69, 9.17) is 4.74 Å². The summed E-state index contributed by atoms with van der Waals surface area (Å²) in [5.41, 5.74) is 1.81. The Bertz CT molecular complexity index is 722. The van der Waals surface area contributed by atoms with Gasteiger partial charge in [0.1, 0.15) is 6.54 Å². The van der Waals surface area contributed by atoms with Crippen LogP contribution in [0.25, 0.3) is 6.08 Å². The first-order valence-corrected chi connectivity index (χ1v) is 9.37. The van der Waals surface area contributed by atoms with E-state index in [2.05, 4.69) is 4.72 Å². The van der Waals surface area contributed by atoms with Crippen LogP contribution in [0.15, 0.2) is 29.7 Å². The number of ketones is 1. The van der Waals surface area contributed by atoms with Crippen molar-refractivity contribution >= 4 is 27.9 Å². The van der Waals surface area contributed by atoms with Gasteiger partial charge in [-0.2, -0.15) is 0 Å². The molecule has 1 saturated carbocycles. The second-order valence-corrected chi connectivity index (χ2v) is 7.42. The van der Waals surface area contributed by atoms with Gasteiger partial charge in [-0.25, -0.2) is 13.1 Å². The predicted octanol–water partition coefficient (Wildman–Crippen LogP) is 1.94. The molecule has 0 aliphatic heterocycles. The number of hydrogen-bond donors (Lipinski definition) is 1. The Hall–Kier alpha value is -1.99. The highest BCUT2D eigenvalue weighted by atomic mass is 32.2. The fraction of sp³-hybridized carbons (Fsp3) is 0.412. The number of sulfonamides is 1. The maximum atomic E-state index is 11.9. The Morgan fingerprint density at radius 3 is 2.67 bits per heavy atom. The van der Waals surface area contributed by atoms with Gasteiger partial charge in [0.05, 0.1) is 0 Å². The third kappa shape index (κ3) is 5.90. The van der Waals surface area contributed by atoms with Gasteiger partial charge in [-0.1, -0.05) is 29.8 Å². The van der Waals surface area contributed by atoms with Crippen LogP contribution in [0.3, 0.4) is 0 Å². The maximum Gasteiger partial charge on any atom is 0.321 e. The minimum absolute atomic E-state index is 0.100. The third-order valence-corrected chi connectivity index (χ3v) is 4.75. The summed E-state index contributed by atoms with van der Waals surface area (Å²) in [5, 5.41) is 0.997. The Kier molecular flexibility index (Phi) is 6.28. The summed E-state index contributed by atoms with van der Waals surface area (Å²) in [4.78, 5) is 23.3. The molecule has 24 heavy (non-hydrogen) atoms. The molecular weight excluding hydrogens is 330 g/mol. The van der Waals surface area contributed by atoms with Crippen molar-refractivity contribution in [2.75, 3.05) is 6.54 Å². The van der Waals surface area contributed by atoms with E-state index in [9.17, 15) is 18.0 Å². The van der Waals surface area contributed by atoms with Gasteiger partial charge in [0.15, 0.2) is 11.9 Å².